The molecule has 10 heteroatoms. The van der Waals surface area contributed by atoms with Crippen molar-refractivity contribution in [2.75, 3.05) is 36.4 Å². The Labute approximate surface area is 182 Å². The predicted molar refractivity (Wildman–Crippen MR) is 114 cm³/mol. The Balaban J connectivity index is 1.67. The number of rotatable bonds is 3. The molecule has 2 aromatic rings. The van der Waals surface area contributed by atoms with E-state index < -0.39 is 11.4 Å². The summed E-state index contributed by atoms with van der Waals surface area (Å²) < 4.78 is 19.5. The van der Waals surface area contributed by atoms with Crippen molar-refractivity contribution in [3.8, 4) is 0 Å². The number of hydrogen-bond donors (Lipinski definition) is 1. The molecule has 1 aromatic heterocycles. The molecule has 1 amide bonds. The van der Waals surface area contributed by atoms with Gasteiger partial charge in [0.15, 0.2) is 0 Å². The molecule has 1 aromatic carbocycles. The largest absolute Gasteiger partial charge is 0.444 e. The maximum absolute atomic E-state index is 13.3. The summed E-state index contributed by atoms with van der Waals surface area (Å²) in [4.78, 5) is 24.8. The minimum atomic E-state index is -0.520. The predicted octanol–water partition coefficient (Wildman–Crippen LogP) is 4.83. The van der Waals surface area contributed by atoms with Crippen LogP contribution in [0.5, 0.6) is 0 Å². The Morgan fingerprint density at radius 3 is 2.59 bits per heavy atom. The molecule has 1 fully saturated rings. The normalized spacial score (nSPS) is 14.7. The number of nitrogens with zero attached hydrogens (tertiary/aromatic N) is 4. The second-order valence-corrected chi connectivity index (χ2v) is 8.84. The first kappa shape index (κ1) is 21.6. The number of ether oxygens (including phenoxy) is 1. The van der Waals surface area contributed by atoms with Crippen LogP contribution in [0.1, 0.15) is 20.8 Å². The summed E-state index contributed by atoms with van der Waals surface area (Å²) in [6.07, 6.45) is 1.34. The fraction of sp³-hybridized carbons (Fsp3) is 0.421. The average Bonchev–Trinajstić information content (AvgIpc) is 2.65. The molecule has 7 nitrogen and oxygen atoms in total. The number of aromatic nitrogens is 2. The summed E-state index contributed by atoms with van der Waals surface area (Å²) in [5, 5.41) is 3.05. The van der Waals surface area contributed by atoms with Gasteiger partial charge in [-0.3, -0.25) is 0 Å². The highest BCUT2D eigenvalue weighted by molar-refractivity contribution is 9.10. The average molecular weight is 487 g/mol. The number of hydrogen-bond acceptors (Lipinski definition) is 6. The van der Waals surface area contributed by atoms with Gasteiger partial charge in [-0.25, -0.2) is 14.2 Å². The van der Waals surface area contributed by atoms with Gasteiger partial charge in [-0.2, -0.15) is 4.98 Å². The molecule has 1 aliphatic heterocycles. The smallest absolute Gasteiger partial charge is 0.410 e. The lowest BCUT2D eigenvalue weighted by Crippen LogP contribution is -2.50. The standard InChI is InChI=1S/C19H22BrClFN5O2/c1-19(2,3)29-18(28)27-8-6-26(7-9-27)16-13(20)11-23-17(25-16)24-12-4-5-15(22)14(21)10-12/h4-5,10-11H,6-9H2,1-3H3,(H,23,24,25). The van der Waals surface area contributed by atoms with Gasteiger partial charge in [0.05, 0.1) is 9.50 Å². The molecule has 0 bridgehead atoms. The monoisotopic (exact) mass is 485 g/mol. The van der Waals surface area contributed by atoms with Crippen molar-refractivity contribution < 1.29 is 13.9 Å². The van der Waals surface area contributed by atoms with Crippen molar-refractivity contribution >= 4 is 51.1 Å². The summed E-state index contributed by atoms with van der Waals surface area (Å²) in [5.41, 5.74) is 0.0627. The van der Waals surface area contributed by atoms with Crippen LogP contribution in [0.15, 0.2) is 28.9 Å². The van der Waals surface area contributed by atoms with Crippen molar-refractivity contribution in [3.05, 3.63) is 39.7 Å². The van der Waals surface area contributed by atoms with Crippen LogP contribution in [-0.2, 0) is 4.74 Å². The van der Waals surface area contributed by atoms with E-state index in [-0.39, 0.29) is 11.1 Å². The summed E-state index contributed by atoms with van der Waals surface area (Å²) in [6, 6.07) is 4.31. The van der Waals surface area contributed by atoms with Gasteiger partial charge in [-0.1, -0.05) is 11.6 Å². The van der Waals surface area contributed by atoms with E-state index in [0.717, 1.165) is 4.47 Å². The second kappa shape index (κ2) is 8.71. The summed E-state index contributed by atoms with van der Waals surface area (Å²) in [7, 11) is 0. The van der Waals surface area contributed by atoms with Crippen LogP contribution in [0, 0.1) is 5.82 Å². The molecule has 1 N–H and O–H groups in total. The summed E-state index contributed by atoms with van der Waals surface area (Å²) >= 11 is 9.31. The highest BCUT2D eigenvalue weighted by Gasteiger charge is 2.27. The molecule has 0 unspecified atom stereocenters. The first-order valence-corrected chi connectivity index (χ1v) is 10.3. The third-order valence-corrected chi connectivity index (χ3v) is 4.98. The number of amides is 1. The van der Waals surface area contributed by atoms with Crippen LogP contribution in [0.25, 0.3) is 0 Å². The van der Waals surface area contributed by atoms with Crippen LogP contribution >= 0.6 is 27.5 Å². The minimum absolute atomic E-state index is 0.0191. The summed E-state index contributed by atoms with van der Waals surface area (Å²) in [5.74, 6) is 0.581. The highest BCUT2D eigenvalue weighted by atomic mass is 79.9. The van der Waals surface area contributed by atoms with Gasteiger partial charge in [-0.15, -0.1) is 0 Å². The van der Waals surface area contributed by atoms with Crippen LogP contribution in [0.3, 0.4) is 0 Å². The van der Waals surface area contributed by atoms with Crippen molar-refractivity contribution in [1.29, 1.82) is 0 Å². The fourth-order valence-electron chi connectivity index (χ4n) is 2.77. The number of benzene rings is 1. The molecule has 1 aliphatic rings. The van der Waals surface area contributed by atoms with E-state index in [0.29, 0.717) is 43.6 Å². The molecule has 0 saturated carbocycles. The van der Waals surface area contributed by atoms with E-state index in [1.165, 1.54) is 12.1 Å². The number of carbonyl (C=O) groups is 1. The van der Waals surface area contributed by atoms with Gasteiger partial charge >= 0.3 is 6.09 Å². The van der Waals surface area contributed by atoms with Crippen molar-refractivity contribution in [3.63, 3.8) is 0 Å². The molecule has 0 aliphatic carbocycles. The first-order valence-electron chi connectivity index (χ1n) is 9.10. The van der Waals surface area contributed by atoms with Crippen molar-refractivity contribution in [2.45, 2.75) is 26.4 Å². The Kier molecular flexibility index (Phi) is 6.48. The Hall–Kier alpha value is -2.13. The molecule has 2 heterocycles. The van der Waals surface area contributed by atoms with Crippen LogP contribution in [-0.4, -0.2) is 52.7 Å². The lowest BCUT2D eigenvalue weighted by molar-refractivity contribution is 0.0240. The van der Waals surface area contributed by atoms with Gasteiger partial charge in [0.2, 0.25) is 5.95 Å². The molecule has 3 rings (SSSR count). The van der Waals surface area contributed by atoms with E-state index in [9.17, 15) is 9.18 Å². The molecule has 1 saturated heterocycles. The van der Waals surface area contributed by atoms with E-state index in [1.807, 2.05) is 20.8 Å². The van der Waals surface area contributed by atoms with Gasteiger partial charge < -0.3 is 19.9 Å². The van der Waals surface area contributed by atoms with E-state index in [1.54, 1.807) is 17.2 Å². The zero-order chi connectivity index (χ0) is 21.2. The molecular weight excluding hydrogens is 465 g/mol. The van der Waals surface area contributed by atoms with Gasteiger partial charge in [0.25, 0.3) is 0 Å². The minimum Gasteiger partial charge on any atom is -0.444 e. The van der Waals surface area contributed by atoms with Gasteiger partial charge in [0.1, 0.15) is 17.2 Å². The SMILES string of the molecule is CC(C)(C)OC(=O)N1CCN(c2nc(Nc3ccc(F)c(Cl)c3)ncc2Br)CC1. The number of piperazine rings is 1. The van der Waals surface area contributed by atoms with Gasteiger partial charge in [0, 0.05) is 38.1 Å². The van der Waals surface area contributed by atoms with E-state index in [2.05, 4.69) is 36.1 Å². The molecule has 156 valence electrons. The van der Waals surface area contributed by atoms with Crippen molar-refractivity contribution in [2.24, 2.45) is 0 Å². The third kappa shape index (κ3) is 5.70. The van der Waals surface area contributed by atoms with Gasteiger partial charge in [-0.05, 0) is 54.9 Å². The Morgan fingerprint density at radius 2 is 1.97 bits per heavy atom. The maximum atomic E-state index is 13.3. The molecule has 0 radical (unpaired) electrons. The first-order chi connectivity index (χ1) is 13.6. The highest BCUT2D eigenvalue weighted by Crippen LogP contribution is 2.27. The maximum Gasteiger partial charge on any atom is 0.410 e. The Morgan fingerprint density at radius 1 is 1.28 bits per heavy atom. The van der Waals surface area contributed by atoms with E-state index in [4.69, 9.17) is 16.3 Å². The number of anilines is 3. The third-order valence-electron chi connectivity index (χ3n) is 4.13. The molecule has 0 atom stereocenters. The zero-order valence-electron chi connectivity index (χ0n) is 16.4. The second-order valence-electron chi connectivity index (χ2n) is 7.57. The van der Waals surface area contributed by atoms with E-state index >= 15 is 0 Å². The van der Waals surface area contributed by atoms with Crippen molar-refractivity contribution in [1.82, 2.24) is 14.9 Å². The molecule has 29 heavy (non-hydrogen) atoms. The number of halogens is 3. The number of nitrogens with one attached hydrogen (secondary N) is 1. The number of carbonyl (C=O) groups excluding carboxylic acids is 1. The quantitative estimate of drug-likeness (QED) is 0.670. The van der Waals surface area contributed by atoms with Crippen LogP contribution < -0.4 is 10.2 Å². The van der Waals surface area contributed by atoms with Crippen LogP contribution in [0.4, 0.5) is 26.6 Å². The zero-order valence-corrected chi connectivity index (χ0v) is 18.7. The topological polar surface area (TPSA) is 70.6 Å². The lowest BCUT2D eigenvalue weighted by atomic mass is 10.2. The lowest BCUT2D eigenvalue weighted by Gasteiger charge is -2.36. The fourth-order valence-corrected chi connectivity index (χ4v) is 3.39. The van der Waals surface area contributed by atoms with Crippen LogP contribution in [0.2, 0.25) is 5.02 Å². The molecule has 0 spiro atoms. The summed E-state index contributed by atoms with van der Waals surface area (Å²) in [6.45, 7) is 7.82. The molecular formula is C19H22BrClFN5O2. The Bertz CT molecular complexity index is 901.